The number of anilines is 1. The molecule has 3 nitrogen and oxygen atoms in total. The van der Waals surface area contributed by atoms with Gasteiger partial charge in [-0.1, -0.05) is 12.1 Å². The standard InChI is InChI=1S/C19H21N3S/c1-12-6-13(2)8-17(7-12)22-19(23)20-11-15-4-5-18-16(10-15)9-14(3)21-18/h4-10,21H,11H2,1-3H3,(H2,20,22,23). The van der Waals surface area contributed by atoms with Gasteiger partial charge in [0.05, 0.1) is 0 Å². The maximum atomic E-state index is 5.39. The molecular formula is C19H21N3S. The highest BCUT2D eigenvalue weighted by Gasteiger charge is 2.02. The van der Waals surface area contributed by atoms with Gasteiger partial charge in [0.2, 0.25) is 0 Å². The lowest BCUT2D eigenvalue weighted by Crippen LogP contribution is -2.27. The number of nitrogens with one attached hydrogen (secondary N) is 3. The molecule has 0 saturated heterocycles. The second-order valence-corrected chi connectivity index (χ2v) is 6.47. The fourth-order valence-electron chi connectivity index (χ4n) is 2.84. The molecule has 0 spiro atoms. The van der Waals surface area contributed by atoms with Crippen molar-refractivity contribution in [1.29, 1.82) is 0 Å². The SMILES string of the molecule is Cc1cc(C)cc(NC(=S)NCc2ccc3[nH]c(C)cc3c2)c1. The van der Waals surface area contributed by atoms with Gasteiger partial charge in [-0.05, 0) is 85.4 Å². The Kier molecular flexibility index (Phi) is 4.35. The summed E-state index contributed by atoms with van der Waals surface area (Å²) >= 11 is 5.39. The molecule has 0 unspecified atom stereocenters. The van der Waals surface area contributed by atoms with Gasteiger partial charge in [-0.3, -0.25) is 0 Å². The van der Waals surface area contributed by atoms with Crippen LogP contribution in [-0.2, 0) is 6.54 Å². The predicted molar refractivity (Wildman–Crippen MR) is 102 cm³/mol. The van der Waals surface area contributed by atoms with E-state index in [0.717, 1.165) is 5.69 Å². The molecule has 1 aromatic heterocycles. The predicted octanol–water partition coefficient (Wildman–Crippen LogP) is 4.58. The number of rotatable bonds is 3. The van der Waals surface area contributed by atoms with Gasteiger partial charge in [-0.25, -0.2) is 0 Å². The molecule has 0 fully saturated rings. The van der Waals surface area contributed by atoms with Crippen LogP contribution in [0.3, 0.4) is 0 Å². The molecule has 0 atom stereocenters. The molecule has 2 aromatic carbocycles. The van der Waals surface area contributed by atoms with Gasteiger partial charge in [0.1, 0.15) is 0 Å². The van der Waals surface area contributed by atoms with Crippen molar-refractivity contribution in [2.75, 3.05) is 5.32 Å². The Hall–Kier alpha value is -2.33. The van der Waals surface area contributed by atoms with Crippen molar-refractivity contribution in [3.05, 3.63) is 64.8 Å². The van der Waals surface area contributed by atoms with Crippen molar-refractivity contribution in [3.63, 3.8) is 0 Å². The van der Waals surface area contributed by atoms with Crippen molar-refractivity contribution in [2.45, 2.75) is 27.3 Å². The summed E-state index contributed by atoms with van der Waals surface area (Å²) in [6.45, 7) is 6.95. The lowest BCUT2D eigenvalue weighted by atomic mass is 10.1. The van der Waals surface area contributed by atoms with E-state index in [9.17, 15) is 0 Å². The topological polar surface area (TPSA) is 39.8 Å². The van der Waals surface area contributed by atoms with Gasteiger partial charge in [0.15, 0.2) is 5.11 Å². The third-order valence-corrected chi connectivity index (χ3v) is 4.00. The van der Waals surface area contributed by atoms with Gasteiger partial charge in [-0.15, -0.1) is 0 Å². The summed E-state index contributed by atoms with van der Waals surface area (Å²) in [4.78, 5) is 3.34. The van der Waals surface area contributed by atoms with Crippen LogP contribution in [0.15, 0.2) is 42.5 Å². The molecular weight excluding hydrogens is 302 g/mol. The first-order chi connectivity index (χ1) is 11.0. The third-order valence-electron chi connectivity index (χ3n) is 3.75. The number of fused-ring (bicyclic) bond motifs is 1. The van der Waals surface area contributed by atoms with E-state index in [1.54, 1.807) is 0 Å². The number of aromatic nitrogens is 1. The maximum absolute atomic E-state index is 5.39. The van der Waals surface area contributed by atoms with Crippen LogP contribution in [-0.4, -0.2) is 10.1 Å². The first-order valence-electron chi connectivity index (χ1n) is 7.71. The van der Waals surface area contributed by atoms with Crippen LogP contribution in [0.4, 0.5) is 5.69 Å². The average molecular weight is 323 g/mol. The second kappa shape index (κ2) is 6.42. The van der Waals surface area contributed by atoms with Gasteiger partial charge < -0.3 is 15.6 Å². The zero-order chi connectivity index (χ0) is 16.4. The Morgan fingerprint density at radius 1 is 1.00 bits per heavy atom. The van der Waals surface area contributed by atoms with Crippen LogP contribution in [0, 0.1) is 20.8 Å². The van der Waals surface area contributed by atoms with Crippen LogP contribution in [0.1, 0.15) is 22.4 Å². The largest absolute Gasteiger partial charge is 0.359 e. The Bertz CT molecular complexity index is 844. The minimum absolute atomic E-state index is 0.639. The fraction of sp³-hybridized carbons (Fsp3) is 0.211. The summed E-state index contributed by atoms with van der Waals surface area (Å²) in [6.07, 6.45) is 0. The minimum Gasteiger partial charge on any atom is -0.359 e. The average Bonchev–Trinajstić information content (AvgIpc) is 2.83. The lowest BCUT2D eigenvalue weighted by Gasteiger charge is -2.12. The second-order valence-electron chi connectivity index (χ2n) is 6.06. The van der Waals surface area contributed by atoms with E-state index in [-0.39, 0.29) is 0 Å². The number of H-pyrrole nitrogens is 1. The van der Waals surface area contributed by atoms with E-state index in [1.807, 2.05) is 0 Å². The molecule has 3 aromatic rings. The number of benzene rings is 2. The van der Waals surface area contributed by atoms with Gasteiger partial charge in [0.25, 0.3) is 0 Å². The van der Waals surface area contributed by atoms with Gasteiger partial charge >= 0.3 is 0 Å². The molecule has 118 valence electrons. The highest BCUT2D eigenvalue weighted by atomic mass is 32.1. The molecule has 3 rings (SSSR count). The Morgan fingerprint density at radius 2 is 1.74 bits per heavy atom. The smallest absolute Gasteiger partial charge is 0.171 e. The Morgan fingerprint density at radius 3 is 2.48 bits per heavy atom. The van der Waals surface area contributed by atoms with Crippen molar-refractivity contribution in [3.8, 4) is 0 Å². The summed E-state index contributed by atoms with van der Waals surface area (Å²) < 4.78 is 0. The molecule has 0 radical (unpaired) electrons. The van der Waals surface area contributed by atoms with Crippen LogP contribution in [0.5, 0.6) is 0 Å². The Labute approximate surface area is 142 Å². The van der Waals surface area contributed by atoms with Crippen molar-refractivity contribution in [2.24, 2.45) is 0 Å². The highest BCUT2D eigenvalue weighted by Crippen LogP contribution is 2.17. The first-order valence-corrected chi connectivity index (χ1v) is 8.12. The Balaban J connectivity index is 1.63. The van der Waals surface area contributed by atoms with Crippen LogP contribution in [0.25, 0.3) is 10.9 Å². The molecule has 0 amide bonds. The molecule has 0 aliphatic heterocycles. The summed E-state index contributed by atoms with van der Waals surface area (Å²) in [7, 11) is 0. The summed E-state index contributed by atoms with van der Waals surface area (Å²) in [5.41, 5.74) is 7.03. The number of hydrogen-bond donors (Lipinski definition) is 3. The van der Waals surface area contributed by atoms with E-state index in [2.05, 4.69) is 78.9 Å². The zero-order valence-corrected chi connectivity index (χ0v) is 14.5. The third kappa shape index (κ3) is 3.90. The van der Waals surface area contributed by atoms with E-state index < -0.39 is 0 Å². The van der Waals surface area contributed by atoms with Gasteiger partial charge in [-0.2, -0.15) is 0 Å². The summed E-state index contributed by atoms with van der Waals surface area (Å²) in [6, 6.07) is 14.9. The van der Waals surface area contributed by atoms with E-state index in [0.29, 0.717) is 11.7 Å². The molecule has 0 saturated carbocycles. The number of thiocarbonyl (C=S) groups is 1. The monoisotopic (exact) mass is 323 g/mol. The molecule has 4 heteroatoms. The van der Waals surface area contributed by atoms with Crippen LogP contribution < -0.4 is 10.6 Å². The molecule has 3 N–H and O–H groups in total. The molecule has 0 bridgehead atoms. The normalized spacial score (nSPS) is 10.7. The van der Waals surface area contributed by atoms with E-state index in [1.165, 1.54) is 33.3 Å². The highest BCUT2D eigenvalue weighted by molar-refractivity contribution is 7.80. The molecule has 1 heterocycles. The maximum Gasteiger partial charge on any atom is 0.171 e. The molecule has 23 heavy (non-hydrogen) atoms. The van der Waals surface area contributed by atoms with Crippen molar-refractivity contribution in [1.82, 2.24) is 10.3 Å². The van der Waals surface area contributed by atoms with Gasteiger partial charge in [0, 0.05) is 23.4 Å². The number of hydrogen-bond acceptors (Lipinski definition) is 1. The number of aromatic amines is 1. The zero-order valence-electron chi connectivity index (χ0n) is 13.7. The van der Waals surface area contributed by atoms with Crippen LogP contribution >= 0.6 is 12.2 Å². The van der Waals surface area contributed by atoms with Crippen molar-refractivity contribution < 1.29 is 0 Å². The number of aryl methyl sites for hydroxylation is 3. The quantitative estimate of drug-likeness (QED) is 0.618. The van der Waals surface area contributed by atoms with E-state index >= 15 is 0 Å². The molecule has 0 aliphatic rings. The minimum atomic E-state index is 0.639. The van der Waals surface area contributed by atoms with E-state index in [4.69, 9.17) is 12.2 Å². The first kappa shape index (κ1) is 15.6. The van der Waals surface area contributed by atoms with Crippen molar-refractivity contribution >= 4 is 33.9 Å². The summed E-state index contributed by atoms with van der Waals surface area (Å²) in [5, 5.41) is 8.39. The van der Waals surface area contributed by atoms with Crippen LogP contribution in [0.2, 0.25) is 0 Å². The lowest BCUT2D eigenvalue weighted by molar-refractivity contribution is 0.928. The molecule has 0 aliphatic carbocycles. The summed E-state index contributed by atoms with van der Waals surface area (Å²) in [5.74, 6) is 0. The fourth-order valence-corrected chi connectivity index (χ4v) is 3.03.